The molecule has 1 aromatic rings. The van der Waals surface area contributed by atoms with Gasteiger partial charge in [0.25, 0.3) is 0 Å². The average Bonchev–Trinajstić information content (AvgIpc) is 3.00. The van der Waals surface area contributed by atoms with Gasteiger partial charge in [0, 0.05) is 18.7 Å². The summed E-state index contributed by atoms with van der Waals surface area (Å²) in [5.41, 5.74) is 2.99. The van der Waals surface area contributed by atoms with E-state index >= 15 is 0 Å². The van der Waals surface area contributed by atoms with Crippen LogP contribution in [0.2, 0.25) is 0 Å². The summed E-state index contributed by atoms with van der Waals surface area (Å²) in [6.45, 7) is 9.04. The first-order valence-electron chi connectivity index (χ1n) is 8.68. The molecule has 0 aliphatic carbocycles. The quantitative estimate of drug-likeness (QED) is 0.679. The lowest BCUT2D eigenvalue weighted by Crippen LogP contribution is -2.46. The third-order valence-electron chi connectivity index (χ3n) is 4.60. The minimum absolute atomic E-state index is 0.213. The fraction of sp³-hybridized carbons (Fsp3) is 0.684. The summed E-state index contributed by atoms with van der Waals surface area (Å²) in [5.74, 6) is 0. The summed E-state index contributed by atoms with van der Waals surface area (Å²) >= 11 is 0. The maximum Gasteiger partial charge on any atom is 0.0443 e. The summed E-state index contributed by atoms with van der Waals surface area (Å²) in [6, 6.07) is 10.1. The predicted molar refractivity (Wildman–Crippen MR) is 93.4 cm³/mol. The van der Waals surface area contributed by atoms with Gasteiger partial charge < -0.3 is 15.7 Å². The Bertz CT molecular complexity index is 430. The van der Waals surface area contributed by atoms with E-state index in [2.05, 4.69) is 55.7 Å². The first-order chi connectivity index (χ1) is 10.5. The Morgan fingerprint density at radius 3 is 2.55 bits per heavy atom. The molecular weight excluding hydrogens is 272 g/mol. The number of rotatable bonds is 7. The highest BCUT2D eigenvalue weighted by Crippen LogP contribution is 2.23. The van der Waals surface area contributed by atoms with Crippen LogP contribution in [-0.4, -0.2) is 36.9 Å². The number of aliphatic hydroxyl groups is 1. The molecule has 3 N–H and O–H groups in total. The molecule has 0 saturated carbocycles. The van der Waals surface area contributed by atoms with E-state index in [0.29, 0.717) is 12.1 Å². The summed E-state index contributed by atoms with van der Waals surface area (Å²) < 4.78 is 0. The molecule has 2 atom stereocenters. The van der Waals surface area contributed by atoms with Crippen LogP contribution in [0.15, 0.2) is 24.3 Å². The van der Waals surface area contributed by atoms with Gasteiger partial charge in [-0.3, -0.25) is 0 Å². The van der Waals surface area contributed by atoms with Gasteiger partial charge in [-0.15, -0.1) is 0 Å². The van der Waals surface area contributed by atoms with Crippen LogP contribution < -0.4 is 10.6 Å². The van der Waals surface area contributed by atoms with Crippen molar-refractivity contribution in [3.8, 4) is 0 Å². The van der Waals surface area contributed by atoms with Gasteiger partial charge in [0.05, 0.1) is 0 Å². The fourth-order valence-corrected chi connectivity index (χ4v) is 3.17. The summed E-state index contributed by atoms with van der Waals surface area (Å²) in [6.07, 6.45) is 4.39. The van der Waals surface area contributed by atoms with Crippen LogP contribution in [0.25, 0.3) is 0 Å². The fourth-order valence-electron chi connectivity index (χ4n) is 3.17. The zero-order valence-corrected chi connectivity index (χ0v) is 14.4. The minimum Gasteiger partial charge on any atom is -0.396 e. The molecule has 22 heavy (non-hydrogen) atoms. The second-order valence-corrected chi connectivity index (χ2v) is 7.49. The van der Waals surface area contributed by atoms with Gasteiger partial charge in [-0.05, 0) is 55.3 Å². The Labute approximate surface area is 135 Å². The van der Waals surface area contributed by atoms with Gasteiger partial charge in [-0.25, -0.2) is 0 Å². The Morgan fingerprint density at radius 1 is 1.27 bits per heavy atom. The highest BCUT2D eigenvalue weighted by Gasteiger charge is 2.24. The van der Waals surface area contributed by atoms with E-state index in [1.165, 1.54) is 24.0 Å². The molecule has 0 bridgehead atoms. The lowest BCUT2D eigenvalue weighted by molar-refractivity contribution is 0.279. The van der Waals surface area contributed by atoms with Gasteiger partial charge in [0.2, 0.25) is 0 Å². The molecule has 2 rings (SSSR count). The maximum atomic E-state index is 8.99. The topological polar surface area (TPSA) is 44.3 Å². The van der Waals surface area contributed by atoms with E-state index in [0.717, 1.165) is 25.9 Å². The van der Waals surface area contributed by atoms with Crippen LogP contribution in [0.4, 0.5) is 0 Å². The molecule has 1 aliphatic rings. The molecule has 1 saturated heterocycles. The Hall–Kier alpha value is -0.900. The van der Waals surface area contributed by atoms with Gasteiger partial charge in [0.15, 0.2) is 0 Å². The Kier molecular flexibility index (Phi) is 6.42. The SMILES string of the molecule is CC(C)(C)c1ccc(CC(NCCCO)C2CCCN2)cc1. The smallest absolute Gasteiger partial charge is 0.0443 e. The Morgan fingerprint density at radius 2 is 2.00 bits per heavy atom. The molecule has 3 nitrogen and oxygen atoms in total. The predicted octanol–water partition coefficient (Wildman–Crippen LogP) is 2.62. The molecule has 1 aromatic carbocycles. The number of hydrogen-bond acceptors (Lipinski definition) is 3. The molecule has 0 radical (unpaired) electrons. The van der Waals surface area contributed by atoms with Crippen LogP contribution >= 0.6 is 0 Å². The molecule has 1 heterocycles. The number of benzene rings is 1. The summed E-state index contributed by atoms with van der Waals surface area (Å²) in [7, 11) is 0. The van der Waals surface area contributed by atoms with Crippen molar-refractivity contribution in [2.45, 2.75) is 64.0 Å². The van der Waals surface area contributed by atoms with E-state index in [-0.39, 0.29) is 12.0 Å². The van der Waals surface area contributed by atoms with E-state index in [1.807, 2.05) is 0 Å². The first-order valence-corrected chi connectivity index (χ1v) is 8.68. The Balaban J connectivity index is 1.99. The maximum absolute atomic E-state index is 8.99. The van der Waals surface area contributed by atoms with Crippen molar-refractivity contribution in [1.29, 1.82) is 0 Å². The van der Waals surface area contributed by atoms with E-state index < -0.39 is 0 Å². The van der Waals surface area contributed by atoms with Crippen LogP contribution in [0.1, 0.15) is 51.2 Å². The second-order valence-electron chi connectivity index (χ2n) is 7.49. The molecule has 0 spiro atoms. The molecule has 124 valence electrons. The normalized spacial score (nSPS) is 20.3. The average molecular weight is 304 g/mol. The molecule has 1 aliphatic heterocycles. The van der Waals surface area contributed by atoms with Gasteiger partial charge in [0.1, 0.15) is 0 Å². The van der Waals surface area contributed by atoms with Crippen molar-refractivity contribution in [2.24, 2.45) is 0 Å². The van der Waals surface area contributed by atoms with Crippen LogP contribution in [0, 0.1) is 0 Å². The lowest BCUT2D eigenvalue weighted by Gasteiger charge is -2.26. The molecule has 0 aromatic heterocycles. The highest BCUT2D eigenvalue weighted by atomic mass is 16.3. The van der Waals surface area contributed by atoms with Crippen molar-refractivity contribution in [3.63, 3.8) is 0 Å². The van der Waals surface area contributed by atoms with Crippen molar-refractivity contribution < 1.29 is 5.11 Å². The largest absolute Gasteiger partial charge is 0.396 e. The van der Waals surface area contributed by atoms with Gasteiger partial charge >= 0.3 is 0 Å². The highest BCUT2D eigenvalue weighted by molar-refractivity contribution is 5.28. The zero-order chi connectivity index (χ0) is 16.0. The van der Waals surface area contributed by atoms with Gasteiger partial charge in [-0.1, -0.05) is 45.0 Å². The van der Waals surface area contributed by atoms with E-state index in [1.54, 1.807) is 0 Å². The van der Waals surface area contributed by atoms with Crippen LogP contribution in [0.5, 0.6) is 0 Å². The van der Waals surface area contributed by atoms with Crippen molar-refractivity contribution in [3.05, 3.63) is 35.4 Å². The lowest BCUT2D eigenvalue weighted by atomic mass is 9.86. The number of hydrogen-bond donors (Lipinski definition) is 3. The zero-order valence-electron chi connectivity index (χ0n) is 14.4. The first kappa shape index (κ1) is 17.5. The summed E-state index contributed by atoms with van der Waals surface area (Å²) in [4.78, 5) is 0. The van der Waals surface area contributed by atoms with Crippen molar-refractivity contribution >= 4 is 0 Å². The third-order valence-corrected chi connectivity index (χ3v) is 4.60. The summed E-state index contributed by atoms with van der Waals surface area (Å²) in [5, 5.41) is 16.2. The van der Waals surface area contributed by atoms with Crippen LogP contribution in [-0.2, 0) is 11.8 Å². The molecular formula is C19H32N2O. The third kappa shape index (κ3) is 5.08. The second kappa shape index (κ2) is 8.09. The standard InChI is InChI=1S/C19H32N2O/c1-19(2,3)16-9-7-15(8-10-16)14-18(21-12-5-13-22)17-6-4-11-20-17/h7-10,17-18,20-22H,4-6,11-14H2,1-3H3. The molecule has 0 amide bonds. The van der Waals surface area contributed by atoms with Crippen molar-refractivity contribution in [1.82, 2.24) is 10.6 Å². The van der Waals surface area contributed by atoms with Crippen molar-refractivity contribution in [2.75, 3.05) is 19.7 Å². The van der Waals surface area contributed by atoms with E-state index in [4.69, 9.17) is 5.11 Å². The van der Waals surface area contributed by atoms with Gasteiger partial charge in [-0.2, -0.15) is 0 Å². The number of nitrogens with one attached hydrogen (secondary N) is 2. The molecule has 3 heteroatoms. The van der Waals surface area contributed by atoms with Crippen LogP contribution in [0.3, 0.4) is 0 Å². The molecule has 1 fully saturated rings. The molecule has 2 unspecified atom stereocenters. The van der Waals surface area contributed by atoms with E-state index in [9.17, 15) is 0 Å². The monoisotopic (exact) mass is 304 g/mol. The number of aliphatic hydroxyl groups excluding tert-OH is 1. The minimum atomic E-state index is 0.213.